The lowest BCUT2D eigenvalue weighted by Gasteiger charge is -2.16. The summed E-state index contributed by atoms with van der Waals surface area (Å²) in [6.07, 6.45) is 3.01. The number of methoxy groups -OCH3 is 1. The number of aromatic carboxylic acids is 1. The zero-order chi connectivity index (χ0) is 21.9. The molecule has 0 amide bonds. The SMILES string of the molecule is COc1cc(C)c(Cl)c(-c2ccc(C(=O)O)c3nccnc23)c1C.O=S(=O)(Cl)Cl. The number of halogens is 3. The smallest absolute Gasteiger partial charge is 0.337 e. The molecule has 0 unspecified atom stereocenters. The van der Waals surface area contributed by atoms with Gasteiger partial charge in [-0.2, -0.15) is 8.42 Å². The molecule has 0 radical (unpaired) electrons. The zero-order valence-corrected chi connectivity index (χ0v) is 18.5. The molecule has 1 heterocycles. The summed E-state index contributed by atoms with van der Waals surface area (Å²) in [5.74, 6) is -0.331. The van der Waals surface area contributed by atoms with Gasteiger partial charge < -0.3 is 9.84 Å². The van der Waals surface area contributed by atoms with Crippen molar-refractivity contribution in [2.45, 2.75) is 13.8 Å². The average Bonchev–Trinajstić information content (AvgIpc) is 2.63. The summed E-state index contributed by atoms with van der Waals surface area (Å²) < 4.78 is 23.8. The third-order valence-corrected chi connectivity index (χ3v) is 4.49. The minimum absolute atomic E-state index is 0.107. The van der Waals surface area contributed by atoms with Gasteiger partial charge in [-0.1, -0.05) is 17.7 Å². The van der Waals surface area contributed by atoms with Crippen LogP contribution in [-0.2, 0) is 8.26 Å². The number of hydrogen-bond donors (Lipinski definition) is 1. The molecule has 0 aliphatic carbocycles. The molecule has 2 aromatic carbocycles. The second kappa shape index (κ2) is 9.13. The van der Waals surface area contributed by atoms with Gasteiger partial charge in [0.05, 0.1) is 23.2 Å². The van der Waals surface area contributed by atoms with Crippen LogP contribution in [0.25, 0.3) is 22.2 Å². The van der Waals surface area contributed by atoms with E-state index in [1.807, 2.05) is 19.9 Å². The Morgan fingerprint density at radius 2 is 1.66 bits per heavy atom. The van der Waals surface area contributed by atoms with Crippen molar-refractivity contribution in [2.24, 2.45) is 0 Å². The maximum atomic E-state index is 11.4. The Kier molecular flexibility index (Phi) is 7.29. The van der Waals surface area contributed by atoms with Crippen LogP contribution in [-0.4, -0.2) is 36.6 Å². The quantitative estimate of drug-likeness (QED) is 0.530. The first-order valence-corrected chi connectivity index (χ1v) is 11.4. The van der Waals surface area contributed by atoms with E-state index in [0.29, 0.717) is 21.8 Å². The first-order valence-electron chi connectivity index (χ1n) is 7.91. The second-order valence-electron chi connectivity index (χ2n) is 5.81. The molecule has 0 aliphatic heterocycles. The Morgan fingerprint density at radius 1 is 1.10 bits per heavy atom. The number of carboxylic acids is 1. The van der Waals surface area contributed by atoms with Gasteiger partial charge in [0.2, 0.25) is 0 Å². The number of hydrogen-bond acceptors (Lipinski definition) is 6. The predicted octanol–water partition coefficient (Wildman–Crippen LogP) is 4.98. The minimum Gasteiger partial charge on any atom is -0.496 e. The number of benzene rings is 2. The summed E-state index contributed by atoms with van der Waals surface area (Å²) >= 11 is 6.54. The lowest BCUT2D eigenvalue weighted by Crippen LogP contribution is -2.02. The molecule has 0 atom stereocenters. The predicted molar refractivity (Wildman–Crippen MR) is 114 cm³/mol. The van der Waals surface area contributed by atoms with Crippen LogP contribution in [0.4, 0.5) is 0 Å². The Hall–Kier alpha value is -2.13. The van der Waals surface area contributed by atoms with Crippen LogP contribution in [0.15, 0.2) is 30.6 Å². The second-order valence-corrected chi connectivity index (χ2v) is 9.85. The Morgan fingerprint density at radius 3 is 2.17 bits per heavy atom. The molecule has 0 fully saturated rings. The summed E-state index contributed by atoms with van der Waals surface area (Å²) in [5, 5.41) is 9.95. The highest BCUT2D eigenvalue weighted by molar-refractivity contribution is 8.31. The topological polar surface area (TPSA) is 106 Å². The standard InChI is InChI=1S/C18H15ClN2O3.Cl2O2S/c1-9-8-13(24-3)10(2)14(15(9)19)11-4-5-12(18(22)23)17-16(11)20-6-7-21-17;1-5(2,3)4/h4-8H,1-3H3,(H,22,23);. The van der Waals surface area contributed by atoms with Gasteiger partial charge in [-0.05, 0) is 31.5 Å². The molecule has 0 spiro atoms. The van der Waals surface area contributed by atoms with Gasteiger partial charge in [-0.15, -0.1) is 0 Å². The maximum Gasteiger partial charge on any atom is 0.337 e. The van der Waals surface area contributed by atoms with Crippen LogP contribution in [0.3, 0.4) is 0 Å². The van der Waals surface area contributed by atoms with Crippen molar-refractivity contribution in [1.29, 1.82) is 0 Å². The summed E-state index contributed by atoms with van der Waals surface area (Å²) in [4.78, 5) is 20.0. The molecule has 1 aromatic heterocycles. The lowest BCUT2D eigenvalue weighted by atomic mass is 9.95. The van der Waals surface area contributed by atoms with Gasteiger partial charge in [0.25, 0.3) is 0 Å². The molecular weight excluding hydrogens is 463 g/mol. The Bertz CT molecular complexity index is 1190. The fraction of sp³-hybridized carbons (Fsp3) is 0.167. The third-order valence-electron chi connectivity index (χ3n) is 4.00. The fourth-order valence-electron chi connectivity index (χ4n) is 2.82. The first-order chi connectivity index (χ1) is 13.5. The van der Waals surface area contributed by atoms with Crippen LogP contribution in [0.2, 0.25) is 5.02 Å². The molecule has 3 aromatic rings. The van der Waals surface area contributed by atoms with Gasteiger partial charge in [0, 0.05) is 50.4 Å². The highest BCUT2D eigenvalue weighted by atomic mass is 36.0. The van der Waals surface area contributed by atoms with Crippen molar-refractivity contribution in [2.75, 3.05) is 7.11 Å². The van der Waals surface area contributed by atoms with Gasteiger partial charge in [0.15, 0.2) is 0 Å². The van der Waals surface area contributed by atoms with Crippen molar-refractivity contribution in [3.8, 4) is 16.9 Å². The van der Waals surface area contributed by atoms with Gasteiger partial charge in [-0.25, -0.2) is 4.79 Å². The minimum atomic E-state index is -3.72. The van der Waals surface area contributed by atoms with E-state index in [4.69, 9.17) is 24.8 Å². The molecule has 29 heavy (non-hydrogen) atoms. The summed E-state index contributed by atoms with van der Waals surface area (Å²) in [6.45, 7) is 3.81. The van der Waals surface area contributed by atoms with E-state index < -0.39 is 14.2 Å². The van der Waals surface area contributed by atoms with Gasteiger partial charge >= 0.3 is 14.2 Å². The van der Waals surface area contributed by atoms with Crippen molar-refractivity contribution in [3.05, 3.63) is 52.3 Å². The van der Waals surface area contributed by atoms with E-state index in [1.54, 1.807) is 13.2 Å². The fourth-order valence-corrected chi connectivity index (χ4v) is 3.11. The number of aryl methyl sites for hydroxylation is 1. The number of carboxylic acid groups (broad SMARTS) is 1. The largest absolute Gasteiger partial charge is 0.496 e. The molecule has 7 nitrogen and oxygen atoms in total. The molecular formula is C18H15Cl3N2O5S. The first kappa shape index (κ1) is 23.2. The van der Waals surface area contributed by atoms with Crippen molar-refractivity contribution in [1.82, 2.24) is 9.97 Å². The molecule has 154 valence electrons. The van der Waals surface area contributed by atoms with E-state index >= 15 is 0 Å². The number of ether oxygens (including phenoxy) is 1. The number of nitrogens with zero attached hydrogens (tertiary/aromatic N) is 2. The van der Waals surface area contributed by atoms with Crippen LogP contribution >= 0.6 is 33.0 Å². The monoisotopic (exact) mass is 476 g/mol. The maximum absolute atomic E-state index is 11.4. The summed E-state index contributed by atoms with van der Waals surface area (Å²) in [5.41, 5.74) is 4.17. The molecule has 0 bridgehead atoms. The van der Waals surface area contributed by atoms with Crippen molar-refractivity contribution < 1.29 is 23.1 Å². The van der Waals surface area contributed by atoms with Crippen molar-refractivity contribution >= 4 is 58.2 Å². The van der Waals surface area contributed by atoms with Crippen molar-refractivity contribution in [3.63, 3.8) is 0 Å². The molecule has 11 heteroatoms. The van der Waals surface area contributed by atoms with Crippen LogP contribution in [0.5, 0.6) is 5.75 Å². The molecule has 0 saturated heterocycles. The molecule has 3 rings (SSSR count). The van der Waals surface area contributed by atoms with E-state index in [0.717, 1.165) is 22.3 Å². The van der Waals surface area contributed by atoms with E-state index in [9.17, 15) is 9.90 Å². The number of aromatic nitrogens is 2. The Balaban J connectivity index is 0.000000537. The number of fused-ring (bicyclic) bond motifs is 1. The number of rotatable bonds is 3. The van der Waals surface area contributed by atoms with Crippen LogP contribution in [0.1, 0.15) is 21.5 Å². The van der Waals surface area contributed by atoms with E-state index in [2.05, 4.69) is 31.3 Å². The van der Waals surface area contributed by atoms with Gasteiger partial charge in [-0.3, -0.25) is 9.97 Å². The summed E-state index contributed by atoms with van der Waals surface area (Å²) in [7, 11) is 6.42. The van der Waals surface area contributed by atoms with Crippen LogP contribution in [0, 0.1) is 13.8 Å². The zero-order valence-electron chi connectivity index (χ0n) is 15.4. The number of carbonyl (C=O) groups is 1. The van der Waals surface area contributed by atoms with E-state index in [-0.39, 0.29) is 5.56 Å². The highest BCUT2D eigenvalue weighted by Gasteiger charge is 2.20. The van der Waals surface area contributed by atoms with Crippen LogP contribution < -0.4 is 4.74 Å². The molecule has 1 N–H and O–H groups in total. The normalized spacial score (nSPS) is 11.0. The average molecular weight is 478 g/mol. The molecule has 0 saturated carbocycles. The Labute approximate surface area is 181 Å². The highest BCUT2D eigenvalue weighted by Crippen LogP contribution is 2.41. The lowest BCUT2D eigenvalue weighted by molar-refractivity contribution is 0.0699. The van der Waals surface area contributed by atoms with Gasteiger partial charge in [0.1, 0.15) is 11.3 Å². The van der Waals surface area contributed by atoms with E-state index in [1.165, 1.54) is 18.5 Å². The molecule has 0 aliphatic rings. The third kappa shape index (κ3) is 5.48. The summed E-state index contributed by atoms with van der Waals surface area (Å²) in [6, 6.07) is 5.12.